The number of carbonyl (C=O) groups is 1. The normalized spacial score (nSPS) is 16.5. The third-order valence-corrected chi connectivity index (χ3v) is 3.45. The number of allylic oxidation sites excluding steroid dienone is 1. The molecule has 0 aromatic heterocycles. The molecule has 0 unspecified atom stereocenters. The Hall–Kier alpha value is -1.61. The van der Waals surface area contributed by atoms with Crippen molar-refractivity contribution in [3.8, 4) is 0 Å². The van der Waals surface area contributed by atoms with Crippen molar-refractivity contribution in [2.45, 2.75) is 26.2 Å². The Morgan fingerprint density at radius 2 is 2.17 bits per heavy atom. The van der Waals surface area contributed by atoms with Gasteiger partial charge in [-0.05, 0) is 48.4 Å². The molecule has 1 aromatic carbocycles. The Bertz CT molecular complexity index is 491. The fourth-order valence-corrected chi connectivity index (χ4v) is 2.46. The molecule has 3 heteroatoms. The van der Waals surface area contributed by atoms with Gasteiger partial charge < -0.3 is 0 Å². The summed E-state index contributed by atoms with van der Waals surface area (Å²) in [5.41, 5.74) is 4.97. The van der Waals surface area contributed by atoms with Crippen molar-refractivity contribution in [3.63, 3.8) is 0 Å². The second-order valence-corrected chi connectivity index (χ2v) is 4.65. The highest BCUT2D eigenvalue weighted by Gasteiger charge is 2.17. The first-order chi connectivity index (χ1) is 8.63. The summed E-state index contributed by atoms with van der Waals surface area (Å²) in [6, 6.07) is 6.34. The smallest absolute Gasteiger partial charge is 0.270 e. The average molecular weight is 245 g/mol. The predicted octanol–water partition coefficient (Wildman–Crippen LogP) is 2.73. The van der Waals surface area contributed by atoms with E-state index in [2.05, 4.69) is 25.1 Å². The zero-order valence-electron chi connectivity index (χ0n) is 11.2. The van der Waals surface area contributed by atoms with Crippen LogP contribution in [0.2, 0.25) is 0 Å². The molecule has 0 radical (unpaired) electrons. The Morgan fingerprint density at radius 1 is 1.39 bits per heavy atom. The predicted molar refractivity (Wildman–Crippen MR) is 71.9 cm³/mol. The first-order valence-electron chi connectivity index (χ1n) is 6.24. The van der Waals surface area contributed by atoms with Crippen LogP contribution in [0.15, 0.2) is 24.3 Å². The number of hydrogen-bond donors (Lipinski definition) is 0. The largest absolute Gasteiger partial charge is 0.274 e. The van der Waals surface area contributed by atoms with Gasteiger partial charge in [0, 0.05) is 13.1 Å². The fourth-order valence-electron chi connectivity index (χ4n) is 2.46. The second kappa shape index (κ2) is 5.36. The summed E-state index contributed by atoms with van der Waals surface area (Å²) in [7, 11) is 3.12. The Labute approximate surface area is 108 Å². The van der Waals surface area contributed by atoms with Crippen LogP contribution in [-0.4, -0.2) is 25.1 Å². The number of nitrogens with zero attached hydrogens (tertiary/aromatic N) is 1. The van der Waals surface area contributed by atoms with Gasteiger partial charge in [-0.1, -0.05) is 18.2 Å². The number of likely N-dealkylation sites (N-methyl/N-ethyl adjacent to an activating group) is 1. The number of hydrogen-bond acceptors (Lipinski definition) is 2. The van der Waals surface area contributed by atoms with Crippen molar-refractivity contribution in [2.24, 2.45) is 0 Å². The molecular weight excluding hydrogens is 226 g/mol. The first kappa shape index (κ1) is 12.8. The molecule has 0 N–H and O–H groups in total. The van der Waals surface area contributed by atoms with E-state index in [4.69, 9.17) is 4.84 Å². The lowest BCUT2D eigenvalue weighted by Crippen LogP contribution is -2.23. The Kier molecular flexibility index (Phi) is 3.82. The lowest BCUT2D eigenvalue weighted by molar-refractivity contribution is -0.162. The summed E-state index contributed by atoms with van der Waals surface area (Å²) in [6.45, 7) is 2.10. The van der Waals surface area contributed by atoms with E-state index in [1.807, 2.05) is 0 Å². The van der Waals surface area contributed by atoms with Crippen LogP contribution in [0, 0.1) is 6.92 Å². The molecule has 96 valence electrons. The van der Waals surface area contributed by atoms with Gasteiger partial charge in [0.15, 0.2) is 0 Å². The molecule has 0 aliphatic heterocycles. The van der Waals surface area contributed by atoms with E-state index in [0.29, 0.717) is 0 Å². The maximum absolute atomic E-state index is 11.9. The van der Waals surface area contributed by atoms with Crippen LogP contribution in [0.4, 0.5) is 0 Å². The number of hydroxylamine groups is 2. The van der Waals surface area contributed by atoms with Crippen molar-refractivity contribution < 1.29 is 9.63 Å². The molecule has 1 aliphatic carbocycles. The van der Waals surface area contributed by atoms with Crippen LogP contribution in [-0.2, 0) is 16.1 Å². The maximum Gasteiger partial charge on any atom is 0.270 e. The zero-order valence-corrected chi connectivity index (χ0v) is 11.2. The van der Waals surface area contributed by atoms with E-state index in [1.54, 1.807) is 13.1 Å². The minimum atomic E-state index is -0.108. The van der Waals surface area contributed by atoms with E-state index >= 15 is 0 Å². The molecule has 0 heterocycles. The molecule has 3 nitrogen and oxygen atoms in total. The molecule has 0 saturated heterocycles. The summed E-state index contributed by atoms with van der Waals surface area (Å²) in [6.07, 6.45) is 4.87. The van der Waals surface area contributed by atoms with Crippen LogP contribution < -0.4 is 0 Å². The number of carbonyl (C=O) groups excluding carboxylic acids is 1. The SMILES string of the molecule is CON(C)C(=O)/C=C1\CCCc2cccc(C)c21. The standard InChI is InChI=1S/C15H19NO2/c1-11-6-4-7-12-8-5-9-13(15(11)12)10-14(17)16(2)18-3/h4,6-7,10H,5,8-9H2,1-3H3/b13-10+. The van der Waals surface area contributed by atoms with E-state index in [1.165, 1.54) is 28.9 Å². The van der Waals surface area contributed by atoms with Gasteiger partial charge in [-0.2, -0.15) is 0 Å². The molecule has 0 fully saturated rings. The quantitative estimate of drug-likeness (QED) is 0.592. The summed E-state index contributed by atoms with van der Waals surface area (Å²) in [4.78, 5) is 16.8. The monoisotopic (exact) mass is 245 g/mol. The van der Waals surface area contributed by atoms with Crippen LogP contribution >= 0.6 is 0 Å². The van der Waals surface area contributed by atoms with Crippen LogP contribution in [0.3, 0.4) is 0 Å². The number of aryl methyl sites for hydroxylation is 2. The average Bonchev–Trinajstić information content (AvgIpc) is 2.38. The van der Waals surface area contributed by atoms with Gasteiger partial charge in [0.2, 0.25) is 0 Å². The van der Waals surface area contributed by atoms with Crippen molar-refractivity contribution in [1.29, 1.82) is 0 Å². The van der Waals surface area contributed by atoms with Crippen molar-refractivity contribution in [1.82, 2.24) is 5.06 Å². The third-order valence-electron chi connectivity index (χ3n) is 3.45. The molecule has 2 rings (SSSR count). The summed E-state index contributed by atoms with van der Waals surface area (Å²) in [5, 5.41) is 1.25. The number of rotatable bonds is 2. The van der Waals surface area contributed by atoms with E-state index < -0.39 is 0 Å². The fraction of sp³-hybridized carbons (Fsp3) is 0.400. The van der Waals surface area contributed by atoms with Crippen molar-refractivity contribution in [3.05, 3.63) is 41.0 Å². The Balaban J connectivity index is 2.38. The van der Waals surface area contributed by atoms with Gasteiger partial charge in [-0.3, -0.25) is 9.63 Å². The summed E-state index contributed by atoms with van der Waals surface area (Å²) in [5.74, 6) is -0.108. The number of benzene rings is 1. The third kappa shape index (κ3) is 2.46. The molecule has 1 aromatic rings. The van der Waals surface area contributed by atoms with Gasteiger partial charge in [0.25, 0.3) is 5.91 Å². The van der Waals surface area contributed by atoms with Crippen LogP contribution in [0.5, 0.6) is 0 Å². The van der Waals surface area contributed by atoms with E-state index in [0.717, 1.165) is 24.8 Å². The van der Waals surface area contributed by atoms with Crippen molar-refractivity contribution >= 4 is 11.5 Å². The highest BCUT2D eigenvalue weighted by Crippen LogP contribution is 2.33. The molecule has 1 aliphatic rings. The van der Waals surface area contributed by atoms with Gasteiger partial charge in [0.1, 0.15) is 0 Å². The van der Waals surface area contributed by atoms with E-state index in [9.17, 15) is 4.79 Å². The first-order valence-corrected chi connectivity index (χ1v) is 6.24. The molecular formula is C15H19NO2. The lowest BCUT2D eigenvalue weighted by atomic mass is 9.84. The molecule has 0 bridgehead atoms. The van der Waals surface area contributed by atoms with Crippen LogP contribution in [0.1, 0.15) is 29.5 Å². The molecule has 18 heavy (non-hydrogen) atoms. The molecule has 0 saturated carbocycles. The minimum absolute atomic E-state index is 0.108. The molecule has 0 atom stereocenters. The molecule has 0 spiro atoms. The lowest BCUT2D eigenvalue weighted by Gasteiger charge is -2.21. The number of amides is 1. The van der Waals surface area contributed by atoms with Crippen LogP contribution in [0.25, 0.3) is 5.57 Å². The Morgan fingerprint density at radius 3 is 2.89 bits per heavy atom. The second-order valence-electron chi connectivity index (χ2n) is 4.65. The number of fused-ring (bicyclic) bond motifs is 1. The summed E-state index contributed by atoms with van der Waals surface area (Å²) < 4.78 is 0. The highest BCUT2D eigenvalue weighted by molar-refractivity contribution is 5.95. The maximum atomic E-state index is 11.9. The highest BCUT2D eigenvalue weighted by atomic mass is 16.7. The minimum Gasteiger partial charge on any atom is -0.274 e. The summed E-state index contributed by atoms with van der Waals surface area (Å²) >= 11 is 0. The zero-order chi connectivity index (χ0) is 13.1. The van der Waals surface area contributed by atoms with E-state index in [-0.39, 0.29) is 5.91 Å². The van der Waals surface area contributed by atoms with Gasteiger partial charge >= 0.3 is 0 Å². The topological polar surface area (TPSA) is 29.5 Å². The van der Waals surface area contributed by atoms with Crippen molar-refractivity contribution in [2.75, 3.05) is 14.2 Å². The van der Waals surface area contributed by atoms with Gasteiger partial charge in [-0.25, -0.2) is 5.06 Å². The molecule has 1 amide bonds. The van der Waals surface area contributed by atoms with Gasteiger partial charge in [0.05, 0.1) is 7.11 Å². The van der Waals surface area contributed by atoms with Gasteiger partial charge in [-0.15, -0.1) is 0 Å².